The van der Waals surface area contributed by atoms with Crippen LogP contribution in [0.2, 0.25) is 0 Å². The van der Waals surface area contributed by atoms with Gasteiger partial charge in [-0.25, -0.2) is 0 Å². The maximum Gasteiger partial charge on any atom is 0.199 e. The largest absolute Gasteiger partial charge is 0.465 e. The summed E-state index contributed by atoms with van der Waals surface area (Å²) >= 11 is 0. The molecule has 2 rings (SSSR count). The van der Waals surface area contributed by atoms with Crippen LogP contribution in [0.3, 0.4) is 0 Å². The Morgan fingerprint density at radius 1 is 1.47 bits per heavy atom. The smallest absolute Gasteiger partial charge is 0.199 e. The van der Waals surface area contributed by atoms with Gasteiger partial charge in [-0.2, -0.15) is 0 Å². The predicted octanol–water partition coefficient (Wildman–Crippen LogP) is 3.14. The summed E-state index contributed by atoms with van der Waals surface area (Å²) in [7, 11) is 0. The van der Waals surface area contributed by atoms with Gasteiger partial charge in [0.25, 0.3) is 0 Å². The van der Waals surface area contributed by atoms with Gasteiger partial charge in [0.2, 0.25) is 0 Å². The Bertz CT molecular complexity index is 411. The van der Waals surface area contributed by atoms with Crippen LogP contribution in [0.15, 0.2) is 18.2 Å². The lowest BCUT2D eigenvalue weighted by molar-refractivity contribution is -0.106. The number of ether oxygens (including phenoxy) is 2. The normalized spacial score (nSPS) is 19.6. The molecule has 0 saturated carbocycles. The minimum Gasteiger partial charge on any atom is -0.465 e. The minimum atomic E-state index is -0.0919. The molecule has 0 N–H and O–H groups in total. The molecule has 1 heterocycles. The van der Waals surface area contributed by atoms with E-state index in [-0.39, 0.29) is 6.29 Å². The molecule has 1 aliphatic heterocycles. The average molecular weight is 230 g/mol. The van der Waals surface area contributed by atoms with E-state index in [9.17, 15) is 0 Å². The third-order valence-corrected chi connectivity index (χ3v) is 3.00. The highest BCUT2D eigenvalue weighted by atomic mass is 16.7. The summed E-state index contributed by atoms with van der Waals surface area (Å²) in [6.07, 6.45) is 9.50. The number of hydrogen-bond acceptors (Lipinski definition) is 2. The predicted molar refractivity (Wildman–Crippen MR) is 68.0 cm³/mol. The molecule has 0 radical (unpaired) electrons. The summed E-state index contributed by atoms with van der Waals surface area (Å²) in [4.78, 5) is 0. The van der Waals surface area contributed by atoms with Crippen molar-refractivity contribution in [2.24, 2.45) is 0 Å². The fourth-order valence-electron chi connectivity index (χ4n) is 2.01. The molecule has 1 aromatic rings. The molecule has 0 aliphatic carbocycles. The van der Waals surface area contributed by atoms with Crippen molar-refractivity contribution in [3.05, 3.63) is 29.3 Å². The fraction of sp³-hybridized carbons (Fsp3) is 0.467. The Kier molecular flexibility index (Phi) is 4.06. The first-order valence-corrected chi connectivity index (χ1v) is 6.21. The second kappa shape index (κ2) is 5.75. The zero-order chi connectivity index (χ0) is 12.1. The van der Waals surface area contributed by atoms with E-state index in [2.05, 4.69) is 12.8 Å². The molecular formula is C15H18O2. The zero-order valence-corrected chi connectivity index (χ0v) is 10.2. The number of aryl methyl sites for hydroxylation is 1. The van der Waals surface area contributed by atoms with Crippen molar-refractivity contribution in [3.63, 3.8) is 0 Å². The molecular weight excluding hydrogens is 212 g/mol. The first-order chi connectivity index (χ1) is 8.33. The summed E-state index contributed by atoms with van der Waals surface area (Å²) in [6, 6.07) is 5.88. The Morgan fingerprint density at radius 3 is 3.00 bits per heavy atom. The first-order valence-electron chi connectivity index (χ1n) is 6.21. The van der Waals surface area contributed by atoms with Gasteiger partial charge >= 0.3 is 0 Å². The van der Waals surface area contributed by atoms with Crippen LogP contribution >= 0.6 is 0 Å². The van der Waals surface area contributed by atoms with Gasteiger partial charge in [-0.3, -0.25) is 0 Å². The SMILES string of the molecule is C#Cc1ccc(OC2CCCCO2)c(CC)c1. The Hall–Kier alpha value is -1.46. The maximum absolute atomic E-state index is 5.89. The van der Waals surface area contributed by atoms with Crippen LogP contribution in [0.5, 0.6) is 5.75 Å². The van der Waals surface area contributed by atoms with Crippen molar-refractivity contribution < 1.29 is 9.47 Å². The van der Waals surface area contributed by atoms with Gasteiger partial charge in [-0.15, -0.1) is 6.42 Å². The van der Waals surface area contributed by atoms with E-state index < -0.39 is 0 Å². The standard InChI is InChI=1S/C15H18O2/c1-3-12-8-9-14(13(4-2)11-12)17-15-7-5-6-10-16-15/h1,8-9,11,15H,4-7,10H2,2H3. The molecule has 1 atom stereocenters. The second-order valence-corrected chi connectivity index (χ2v) is 4.23. The fourth-order valence-corrected chi connectivity index (χ4v) is 2.01. The molecule has 2 heteroatoms. The quantitative estimate of drug-likeness (QED) is 0.743. The van der Waals surface area contributed by atoms with Crippen molar-refractivity contribution in [2.75, 3.05) is 6.61 Å². The maximum atomic E-state index is 5.89. The number of hydrogen-bond donors (Lipinski definition) is 0. The molecule has 0 spiro atoms. The lowest BCUT2D eigenvalue weighted by Gasteiger charge is -2.24. The van der Waals surface area contributed by atoms with Crippen LogP contribution in [0, 0.1) is 12.3 Å². The monoisotopic (exact) mass is 230 g/mol. The molecule has 90 valence electrons. The van der Waals surface area contributed by atoms with Crippen molar-refractivity contribution in [3.8, 4) is 18.1 Å². The van der Waals surface area contributed by atoms with Gasteiger partial charge in [0, 0.05) is 12.0 Å². The molecule has 1 aliphatic rings. The molecule has 1 unspecified atom stereocenters. The molecule has 1 saturated heterocycles. The van der Waals surface area contributed by atoms with Crippen LogP contribution < -0.4 is 4.74 Å². The summed E-state index contributed by atoms with van der Waals surface area (Å²) in [5.74, 6) is 3.55. The number of benzene rings is 1. The summed E-state index contributed by atoms with van der Waals surface area (Å²) in [5.41, 5.74) is 2.05. The summed E-state index contributed by atoms with van der Waals surface area (Å²) in [6.45, 7) is 2.90. The summed E-state index contributed by atoms with van der Waals surface area (Å²) in [5, 5.41) is 0. The van der Waals surface area contributed by atoms with Crippen LogP contribution in [0.4, 0.5) is 0 Å². The van der Waals surface area contributed by atoms with Crippen LogP contribution in [-0.2, 0) is 11.2 Å². The van der Waals surface area contributed by atoms with Crippen molar-refractivity contribution >= 4 is 0 Å². The Labute approximate surface area is 103 Å². The molecule has 1 aromatic carbocycles. The highest BCUT2D eigenvalue weighted by molar-refractivity contribution is 5.43. The van der Waals surface area contributed by atoms with Crippen molar-refractivity contribution in [1.29, 1.82) is 0 Å². The third-order valence-electron chi connectivity index (χ3n) is 3.00. The van der Waals surface area contributed by atoms with E-state index in [1.165, 1.54) is 6.42 Å². The van der Waals surface area contributed by atoms with Gasteiger partial charge in [-0.1, -0.05) is 12.8 Å². The molecule has 1 fully saturated rings. The van der Waals surface area contributed by atoms with Crippen LogP contribution in [0.25, 0.3) is 0 Å². The van der Waals surface area contributed by atoms with E-state index in [1.54, 1.807) is 0 Å². The lowest BCUT2D eigenvalue weighted by Crippen LogP contribution is -2.25. The van der Waals surface area contributed by atoms with Gasteiger partial charge in [0.15, 0.2) is 6.29 Å². The molecule has 2 nitrogen and oxygen atoms in total. The van der Waals surface area contributed by atoms with Crippen LogP contribution in [-0.4, -0.2) is 12.9 Å². The number of rotatable bonds is 3. The van der Waals surface area contributed by atoms with E-state index in [4.69, 9.17) is 15.9 Å². The van der Waals surface area contributed by atoms with E-state index in [1.807, 2.05) is 18.2 Å². The number of terminal acetylenes is 1. The molecule has 0 amide bonds. The van der Waals surface area contributed by atoms with Gasteiger partial charge < -0.3 is 9.47 Å². The highest BCUT2D eigenvalue weighted by Gasteiger charge is 2.16. The molecule has 0 bridgehead atoms. The lowest BCUT2D eigenvalue weighted by atomic mass is 10.1. The average Bonchev–Trinajstić information content (AvgIpc) is 2.40. The van der Waals surface area contributed by atoms with Gasteiger partial charge in [-0.05, 0) is 43.0 Å². The third kappa shape index (κ3) is 3.01. The van der Waals surface area contributed by atoms with Crippen molar-refractivity contribution in [2.45, 2.75) is 38.9 Å². The van der Waals surface area contributed by atoms with Crippen LogP contribution in [0.1, 0.15) is 37.3 Å². The highest BCUT2D eigenvalue weighted by Crippen LogP contribution is 2.24. The zero-order valence-electron chi connectivity index (χ0n) is 10.2. The molecule has 17 heavy (non-hydrogen) atoms. The van der Waals surface area contributed by atoms with E-state index in [0.717, 1.165) is 42.7 Å². The minimum absolute atomic E-state index is 0.0919. The van der Waals surface area contributed by atoms with Crippen molar-refractivity contribution in [1.82, 2.24) is 0 Å². The molecule has 0 aromatic heterocycles. The van der Waals surface area contributed by atoms with E-state index in [0.29, 0.717) is 0 Å². The summed E-state index contributed by atoms with van der Waals surface area (Å²) < 4.78 is 11.5. The second-order valence-electron chi connectivity index (χ2n) is 4.23. The van der Waals surface area contributed by atoms with Gasteiger partial charge in [0.05, 0.1) is 6.61 Å². The Morgan fingerprint density at radius 2 is 2.35 bits per heavy atom. The first kappa shape index (κ1) is 12.0. The van der Waals surface area contributed by atoms with Gasteiger partial charge in [0.1, 0.15) is 5.75 Å². The van der Waals surface area contributed by atoms with E-state index >= 15 is 0 Å². The Balaban J connectivity index is 2.11. The topological polar surface area (TPSA) is 18.5 Å².